The van der Waals surface area contributed by atoms with Crippen LogP contribution in [0.15, 0.2) is 0 Å². The van der Waals surface area contributed by atoms with E-state index in [4.69, 9.17) is 0 Å². The topological polar surface area (TPSA) is 3.24 Å². The Bertz CT molecular complexity index is 108. The molecule has 0 saturated carbocycles. The Morgan fingerprint density at radius 2 is 1.45 bits per heavy atom. The quantitative estimate of drug-likeness (QED) is 0.516. The molecule has 2 saturated heterocycles. The fourth-order valence-corrected chi connectivity index (χ4v) is 2.56. The molecule has 0 amide bonds. The van der Waals surface area contributed by atoms with E-state index in [2.05, 4.69) is 4.90 Å². The Morgan fingerprint density at radius 3 is 2.45 bits per heavy atom. The summed E-state index contributed by atoms with van der Waals surface area (Å²) in [5.74, 6) is 0. The van der Waals surface area contributed by atoms with Gasteiger partial charge in [0, 0.05) is 6.04 Å². The molecule has 64 valence electrons. The van der Waals surface area contributed by atoms with Crippen molar-refractivity contribution in [3.05, 3.63) is 0 Å². The van der Waals surface area contributed by atoms with Crippen LogP contribution in [0.2, 0.25) is 0 Å². The van der Waals surface area contributed by atoms with Crippen molar-refractivity contribution in [1.82, 2.24) is 4.90 Å². The van der Waals surface area contributed by atoms with Gasteiger partial charge in [0.25, 0.3) is 0 Å². The molecule has 0 aliphatic carbocycles. The van der Waals surface area contributed by atoms with E-state index in [1.54, 1.807) is 0 Å². The van der Waals surface area contributed by atoms with Gasteiger partial charge in [-0.25, -0.2) is 0 Å². The first kappa shape index (κ1) is 7.60. The molecule has 1 heteroatoms. The van der Waals surface area contributed by atoms with Gasteiger partial charge in [0.1, 0.15) is 0 Å². The summed E-state index contributed by atoms with van der Waals surface area (Å²) in [5, 5.41) is 0. The maximum absolute atomic E-state index is 2.72. The molecule has 0 aromatic carbocycles. The normalized spacial score (nSPS) is 34.4. The monoisotopic (exact) mass is 153 g/mol. The van der Waals surface area contributed by atoms with E-state index < -0.39 is 0 Å². The first-order valence-electron chi connectivity index (χ1n) is 5.21. The zero-order valence-electron chi connectivity index (χ0n) is 7.39. The molecule has 0 radical (unpaired) electrons. The zero-order valence-corrected chi connectivity index (χ0v) is 7.39. The molecule has 0 spiro atoms. The third-order valence-electron chi connectivity index (χ3n) is 3.23. The molecule has 2 aliphatic heterocycles. The fraction of sp³-hybridized carbons (Fsp3) is 1.00. The Labute approximate surface area is 69.8 Å². The average molecular weight is 153 g/mol. The van der Waals surface area contributed by atoms with Crippen molar-refractivity contribution in [1.29, 1.82) is 0 Å². The highest BCUT2D eigenvalue weighted by molar-refractivity contribution is 4.80. The second-order valence-corrected chi connectivity index (χ2v) is 4.03. The molecule has 0 aromatic heterocycles. The lowest BCUT2D eigenvalue weighted by molar-refractivity contribution is 0.219. The van der Waals surface area contributed by atoms with Crippen LogP contribution >= 0.6 is 0 Å². The van der Waals surface area contributed by atoms with Gasteiger partial charge in [-0.3, -0.25) is 0 Å². The van der Waals surface area contributed by atoms with Gasteiger partial charge in [0.2, 0.25) is 0 Å². The van der Waals surface area contributed by atoms with E-state index in [0.29, 0.717) is 0 Å². The fourth-order valence-electron chi connectivity index (χ4n) is 2.56. The third kappa shape index (κ3) is 1.76. The van der Waals surface area contributed by atoms with Crippen LogP contribution < -0.4 is 0 Å². The molecule has 2 heterocycles. The lowest BCUT2D eigenvalue weighted by Gasteiger charge is -2.26. The molecule has 1 nitrogen and oxygen atoms in total. The van der Waals surface area contributed by atoms with Crippen LogP contribution in [0, 0.1) is 0 Å². The minimum Gasteiger partial charge on any atom is -0.300 e. The van der Waals surface area contributed by atoms with Crippen molar-refractivity contribution in [2.75, 3.05) is 13.1 Å². The van der Waals surface area contributed by atoms with E-state index in [9.17, 15) is 0 Å². The molecule has 1 atom stereocenters. The molecule has 0 N–H and O–H groups in total. The average Bonchev–Trinajstić information content (AvgIpc) is 2.35. The molecule has 1 unspecified atom stereocenters. The zero-order chi connectivity index (χ0) is 7.52. The van der Waals surface area contributed by atoms with Crippen LogP contribution in [0.1, 0.15) is 44.9 Å². The highest BCUT2D eigenvalue weighted by Gasteiger charge is 2.24. The van der Waals surface area contributed by atoms with Gasteiger partial charge in [-0.1, -0.05) is 19.3 Å². The van der Waals surface area contributed by atoms with Crippen molar-refractivity contribution >= 4 is 0 Å². The number of hydrogen-bond acceptors (Lipinski definition) is 1. The molecule has 0 aromatic rings. The van der Waals surface area contributed by atoms with Crippen molar-refractivity contribution in [3.63, 3.8) is 0 Å². The summed E-state index contributed by atoms with van der Waals surface area (Å²) in [6, 6.07) is 0.982. The summed E-state index contributed by atoms with van der Waals surface area (Å²) in [7, 11) is 0. The predicted octanol–water partition coefficient (Wildman–Crippen LogP) is 2.41. The number of fused-ring (bicyclic) bond motifs is 1. The van der Waals surface area contributed by atoms with Crippen LogP contribution in [-0.4, -0.2) is 24.0 Å². The highest BCUT2D eigenvalue weighted by atomic mass is 15.2. The van der Waals surface area contributed by atoms with Gasteiger partial charge < -0.3 is 4.90 Å². The van der Waals surface area contributed by atoms with Crippen LogP contribution in [-0.2, 0) is 0 Å². The number of hydrogen-bond donors (Lipinski definition) is 0. The first-order chi connectivity index (χ1) is 5.47. The number of rotatable bonds is 0. The molecule has 11 heavy (non-hydrogen) atoms. The van der Waals surface area contributed by atoms with E-state index >= 15 is 0 Å². The van der Waals surface area contributed by atoms with Gasteiger partial charge in [-0.15, -0.1) is 0 Å². The van der Waals surface area contributed by atoms with E-state index in [-0.39, 0.29) is 0 Å². The van der Waals surface area contributed by atoms with Crippen LogP contribution in [0.4, 0.5) is 0 Å². The van der Waals surface area contributed by atoms with Crippen molar-refractivity contribution < 1.29 is 0 Å². The van der Waals surface area contributed by atoms with E-state index in [0.717, 1.165) is 6.04 Å². The van der Waals surface area contributed by atoms with Crippen LogP contribution in [0.3, 0.4) is 0 Å². The van der Waals surface area contributed by atoms with Crippen LogP contribution in [0.25, 0.3) is 0 Å². The van der Waals surface area contributed by atoms with Crippen molar-refractivity contribution in [3.8, 4) is 0 Å². The number of nitrogens with zero attached hydrogens (tertiary/aromatic N) is 1. The second kappa shape index (κ2) is 3.57. The summed E-state index contributed by atoms with van der Waals surface area (Å²) < 4.78 is 0. The van der Waals surface area contributed by atoms with Gasteiger partial charge >= 0.3 is 0 Å². The lowest BCUT2D eigenvalue weighted by Crippen LogP contribution is -2.31. The maximum atomic E-state index is 2.72. The maximum Gasteiger partial charge on any atom is 0.00957 e. The predicted molar refractivity (Wildman–Crippen MR) is 47.7 cm³/mol. The summed E-state index contributed by atoms with van der Waals surface area (Å²) >= 11 is 0. The Morgan fingerprint density at radius 1 is 0.727 bits per heavy atom. The standard InChI is InChI=1S/C10H19N/c1-2-4-8-11-9-5-7-10(11)6-3-1/h10H,1-9H2. The Hall–Kier alpha value is -0.0400. The molecule has 2 rings (SSSR count). The van der Waals surface area contributed by atoms with E-state index in [1.165, 1.54) is 58.0 Å². The largest absolute Gasteiger partial charge is 0.300 e. The van der Waals surface area contributed by atoms with Gasteiger partial charge in [-0.05, 0) is 38.8 Å². The Kier molecular flexibility index (Phi) is 2.47. The minimum atomic E-state index is 0.982. The summed E-state index contributed by atoms with van der Waals surface area (Å²) in [6.07, 6.45) is 10.3. The van der Waals surface area contributed by atoms with Crippen molar-refractivity contribution in [2.24, 2.45) is 0 Å². The molecule has 2 fully saturated rings. The molecule has 0 bridgehead atoms. The van der Waals surface area contributed by atoms with Gasteiger partial charge in [0.15, 0.2) is 0 Å². The molecule has 2 aliphatic rings. The molecular formula is C10H19N. The highest BCUT2D eigenvalue weighted by Crippen LogP contribution is 2.24. The van der Waals surface area contributed by atoms with Crippen molar-refractivity contribution in [2.45, 2.75) is 51.0 Å². The SMILES string of the molecule is C1CCCN2CCCC2CC1. The summed E-state index contributed by atoms with van der Waals surface area (Å²) in [6.45, 7) is 2.79. The smallest absolute Gasteiger partial charge is 0.00957 e. The van der Waals surface area contributed by atoms with Gasteiger partial charge in [0.05, 0.1) is 0 Å². The van der Waals surface area contributed by atoms with Crippen LogP contribution in [0.5, 0.6) is 0 Å². The molecular weight excluding hydrogens is 134 g/mol. The first-order valence-corrected chi connectivity index (χ1v) is 5.21. The van der Waals surface area contributed by atoms with E-state index in [1.807, 2.05) is 0 Å². The Balaban J connectivity index is 1.89. The van der Waals surface area contributed by atoms with Gasteiger partial charge in [-0.2, -0.15) is 0 Å². The second-order valence-electron chi connectivity index (χ2n) is 4.03. The minimum absolute atomic E-state index is 0.982. The summed E-state index contributed by atoms with van der Waals surface area (Å²) in [4.78, 5) is 2.72. The third-order valence-corrected chi connectivity index (χ3v) is 3.23. The lowest BCUT2D eigenvalue weighted by atomic mass is 10.0. The summed E-state index contributed by atoms with van der Waals surface area (Å²) in [5.41, 5.74) is 0.